The van der Waals surface area contributed by atoms with Crippen LogP contribution in [0.25, 0.3) is 0 Å². The Morgan fingerprint density at radius 3 is 2.74 bits per heavy atom. The van der Waals surface area contributed by atoms with Crippen molar-refractivity contribution in [3.05, 3.63) is 21.9 Å². The molecule has 1 N–H and O–H groups in total. The van der Waals surface area contributed by atoms with E-state index in [-0.39, 0.29) is 6.09 Å². The van der Waals surface area contributed by atoms with Gasteiger partial charge in [0.25, 0.3) is 0 Å². The van der Waals surface area contributed by atoms with Gasteiger partial charge in [-0.05, 0) is 44.7 Å². The maximum absolute atomic E-state index is 11.8. The highest BCUT2D eigenvalue weighted by Crippen LogP contribution is 2.18. The van der Waals surface area contributed by atoms with E-state index < -0.39 is 5.60 Å². The van der Waals surface area contributed by atoms with Gasteiger partial charge < -0.3 is 15.0 Å². The standard InChI is InChI=1S/C14H22N2O2S/c1-10-5-6-19-12(10)7-15-11-8-16(9-11)13(17)18-14(2,3)4/h5-6,11,15H,7-9H2,1-4H3. The van der Waals surface area contributed by atoms with Gasteiger partial charge in [0.2, 0.25) is 0 Å². The quantitative estimate of drug-likeness (QED) is 0.927. The summed E-state index contributed by atoms with van der Waals surface area (Å²) in [6.45, 7) is 10.1. The number of nitrogens with one attached hydrogen (secondary N) is 1. The molecule has 1 aliphatic heterocycles. The molecule has 2 rings (SSSR count). The highest BCUT2D eigenvalue weighted by molar-refractivity contribution is 7.10. The van der Waals surface area contributed by atoms with Gasteiger partial charge in [-0.15, -0.1) is 11.3 Å². The second-order valence-electron chi connectivity index (χ2n) is 5.99. The van der Waals surface area contributed by atoms with Crippen LogP contribution in [0.5, 0.6) is 0 Å². The zero-order valence-corrected chi connectivity index (χ0v) is 12.8. The third-order valence-corrected chi connectivity index (χ3v) is 4.08. The predicted molar refractivity (Wildman–Crippen MR) is 77.5 cm³/mol. The van der Waals surface area contributed by atoms with Gasteiger partial charge in [0.05, 0.1) is 0 Å². The summed E-state index contributed by atoms with van der Waals surface area (Å²) in [7, 11) is 0. The summed E-state index contributed by atoms with van der Waals surface area (Å²) < 4.78 is 5.32. The molecule has 2 heterocycles. The second kappa shape index (κ2) is 5.51. The van der Waals surface area contributed by atoms with E-state index in [9.17, 15) is 4.79 Å². The van der Waals surface area contributed by atoms with Crippen LogP contribution < -0.4 is 5.32 Å². The van der Waals surface area contributed by atoms with Gasteiger partial charge in [0.1, 0.15) is 5.60 Å². The molecule has 1 aromatic heterocycles. The molecule has 19 heavy (non-hydrogen) atoms. The van der Waals surface area contributed by atoms with Crippen LogP contribution >= 0.6 is 11.3 Å². The van der Waals surface area contributed by atoms with Crippen molar-refractivity contribution in [3.8, 4) is 0 Å². The number of hydrogen-bond donors (Lipinski definition) is 1. The Morgan fingerprint density at radius 2 is 2.21 bits per heavy atom. The molecule has 0 aromatic carbocycles. The summed E-state index contributed by atoms with van der Waals surface area (Å²) in [6, 6.07) is 2.52. The van der Waals surface area contributed by atoms with Crippen molar-refractivity contribution in [3.63, 3.8) is 0 Å². The Kier molecular flexibility index (Phi) is 4.16. The molecule has 4 nitrogen and oxygen atoms in total. The van der Waals surface area contributed by atoms with Gasteiger partial charge >= 0.3 is 6.09 Å². The molecule has 1 amide bonds. The van der Waals surface area contributed by atoms with Crippen molar-refractivity contribution in [2.24, 2.45) is 0 Å². The lowest BCUT2D eigenvalue weighted by atomic mass is 10.1. The Labute approximate surface area is 118 Å². The summed E-state index contributed by atoms with van der Waals surface area (Å²) in [6.07, 6.45) is -0.210. The maximum atomic E-state index is 11.8. The number of rotatable bonds is 3. The molecule has 0 aliphatic carbocycles. The van der Waals surface area contributed by atoms with E-state index >= 15 is 0 Å². The first-order valence-corrected chi connectivity index (χ1v) is 7.47. The largest absolute Gasteiger partial charge is 0.444 e. The fraction of sp³-hybridized carbons (Fsp3) is 0.643. The Morgan fingerprint density at radius 1 is 1.53 bits per heavy atom. The molecule has 1 aliphatic rings. The number of likely N-dealkylation sites (tertiary alicyclic amines) is 1. The molecule has 1 fully saturated rings. The SMILES string of the molecule is Cc1ccsc1CNC1CN(C(=O)OC(C)(C)C)C1. The molecule has 0 unspecified atom stereocenters. The number of carbonyl (C=O) groups excluding carboxylic acids is 1. The summed E-state index contributed by atoms with van der Waals surface area (Å²) in [4.78, 5) is 14.9. The minimum atomic E-state index is -0.413. The first-order valence-electron chi connectivity index (χ1n) is 6.59. The number of thiophene rings is 1. The molecule has 0 spiro atoms. The maximum Gasteiger partial charge on any atom is 0.410 e. The van der Waals surface area contributed by atoms with E-state index in [2.05, 4.69) is 23.7 Å². The smallest absolute Gasteiger partial charge is 0.410 e. The van der Waals surface area contributed by atoms with E-state index in [1.165, 1.54) is 10.4 Å². The van der Waals surface area contributed by atoms with Crippen LogP contribution in [0.2, 0.25) is 0 Å². The summed E-state index contributed by atoms with van der Waals surface area (Å²) in [5.74, 6) is 0. The van der Waals surface area contributed by atoms with Crippen LogP contribution in [0, 0.1) is 6.92 Å². The van der Waals surface area contributed by atoms with Crippen LogP contribution in [0.3, 0.4) is 0 Å². The number of ether oxygens (including phenoxy) is 1. The molecule has 0 atom stereocenters. The van der Waals surface area contributed by atoms with Gasteiger partial charge in [0.15, 0.2) is 0 Å². The van der Waals surface area contributed by atoms with E-state index in [0.717, 1.165) is 19.6 Å². The van der Waals surface area contributed by atoms with Crippen molar-refractivity contribution in [2.75, 3.05) is 13.1 Å². The minimum Gasteiger partial charge on any atom is -0.444 e. The first kappa shape index (κ1) is 14.3. The van der Waals surface area contributed by atoms with E-state index in [1.807, 2.05) is 20.8 Å². The number of nitrogens with zero attached hydrogens (tertiary/aromatic N) is 1. The topological polar surface area (TPSA) is 41.6 Å². The summed E-state index contributed by atoms with van der Waals surface area (Å²) >= 11 is 1.77. The highest BCUT2D eigenvalue weighted by atomic mass is 32.1. The zero-order chi connectivity index (χ0) is 14.0. The van der Waals surface area contributed by atoms with Crippen molar-refractivity contribution in [2.45, 2.75) is 45.9 Å². The van der Waals surface area contributed by atoms with Crippen LogP contribution in [0.4, 0.5) is 4.79 Å². The van der Waals surface area contributed by atoms with E-state index in [0.29, 0.717) is 6.04 Å². The normalized spacial score (nSPS) is 16.3. The highest BCUT2D eigenvalue weighted by Gasteiger charge is 2.33. The number of hydrogen-bond acceptors (Lipinski definition) is 4. The van der Waals surface area contributed by atoms with Crippen LogP contribution in [-0.4, -0.2) is 35.7 Å². The molecule has 0 bridgehead atoms. The number of aryl methyl sites for hydroxylation is 1. The molecule has 106 valence electrons. The van der Waals surface area contributed by atoms with Crippen molar-refractivity contribution in [1.82, 2.24) is 10.2 Å². The van der Waals surface area contributed by atoms with Crippen molar-refractivity contribution < 1.29 is 9.53 Å². The second-order valence-corrected chi connectivity index (χ2v) is 6.99. The number of amides is 1. The van der Waals surface area contributed by atoms with Crippen LogP contribution in [-0.2, 0) is 11.3 Å². The van der Waals surface area contributed by atoms with E-state index in [4.69, 9.17) is 4.74 Å². The first-order chi connectivity index (χ1) is 8.85. The third kappa shape index (κ3) is 3.94. The van der Waals surface area contributed by atoms with Gasteiger partial charge in [0, 0.05) is 30.6 Å². The average molecular weight is 282 g/mol. The third-order valence-electron chi connectivity index (χ3n) is 3.05. The molecule has 1 aromatic rings. The predicted octanol–water partition coefficient (Wildman–Crippen LogP) is 2.77. The Hall–Kier alpha value is -1.07. The molecule has 0 radical (unpaired) electrons. The monoisotopic (exact) mass is 282 g/mol. The lowest BCUT2D eigenvalue weighted by molar-refractivity contribution is 0.00520. The molecular weight excluding hydrogens is 260 g/mol. The number of carbonyl (C=O) groups is 1. The Balaban J connectivity index is 1.69. The molecule has 0 saturated carbocycles. The summed E-state index contributed by atoms with van der Waals surface area (Å²) in [5, 5.41) is 5.58. The van der Waals surface area contributed by atoms with Gasteiger partial charge in [-0.25, -0.2) is 4.79 Å². The average Bonchev–Trinajstić information content (AvgIpc) is 2.59. The van der Waals surface area contributed by atoms with Gasteiger partial charge in [-0.1, -0.05) is 0 Å². The van der Waals surface area contributed by atoms with E-state index in [1.54, 1.807) is 16.2 Å². The van der Waals surface area contributed by atoms with Gasteiger partial charge in [-0.3, -0.25) is 0 Å². The lowest BCUT2D eigenvalue weighted by Crippen LogP contribution is -2.60. The minimum absolute atomic E-state index is 0.210. The molecule has 1 saturated heterocycles. The van der Waals surface area contributed by atoms with Crippen molar-refractivity contribution in [1.29, 1.82) is 0 Å². The molecular formula is C14H22N2O2S. The lowest BCUT2D eigenvalue weighted by Gasteiger charge is -2.40. The van der Waals surface area contributed by atoms with Gasteiger partial charge in [-0.2, -0.15) is 0 Å². The zero-order valence-electron chi connectivity index (χ0n) is 12.0. The van der Waals surface area contributed by atoms with Crippen LogP contribution in [0.15, 0.2) is 11.4 Å². The fourth-order valence-corrected chi connectivity index (χ4v) is 2.76. The Bertz CT molecular complexity index is 445. The van der Waals surface area contributed by atoms with Crippen LogP contribution in [0.1, 0.15) is 31.2 Å². The fourth-order valence-electron chi connectivity index (χ4n) is 1.91. The van der Waals surface area contributed by atoms with Crippen molar-refractivity contribution >= 4 is 17.4 Å². The summed E-state index contributed by atoms with van der Waals surface area (Å²) in [5.41, 5.74) is 0.921. The molecule has 5 heteroatoms.